The molecule has 2 N–H and O–H groups in total. The second-order valence-corrected chi connectivity index (χ2v) is 10.5. The molecule has 1 heterocycles. The topological polar surface area (TPSA) is 80.5 Å². The fraction of sp³-hybridized carbons (Fsp3) is 0.258. The van der Waals surface area contributed by atoms with Gasteiger partial charge in [0.2, 0.25) is 5.91 Å². The number of nitrogens with two attached hydrogens (primary N) is 1. The van der Waals surface area contributed by atoms with Gasteiger partial charge in [-0.15, -0.1) is 0 Å². The number of aldehydes is 1. The molecular weight excluding hydrogens is 528 g/mol. The average molecular weight is 560 g/mol. The Hall–Kier alpha value is -3.69. The molecule has 0 unspecified atom stereocenters. The van der Waals surface area contributed by atoms with Gasteiger partial charge in [0, 0.05) is 39.8 Å². The van der Waals surface area contributed by atoms with Crippen LogP contribution in [0.4, 0.5) is 5.69 Å². The van der Waals surface area contributed by atoms with Crippen molar-refractivity contribution >= 4 is 39.6 Å². The third kappa shape index (κ3) is 6.18. The zero-order valence-corrected chi connectivity index (χ0v) is 23.1. The molecule has 0 saturated heterocycles. The summed E-state index contributed by atoms with van der Waals surface area (Å²) in [4.78, 5) is 35.9. The van der Waals surface area contributed by atoms with Crippen molar-refractivity contribution in [2.24, 2.45) is 11.1 Å². The van der Waals surface area contributed by atoms with Crippen molar-refractivity contribution in [1.29, 1.82) is 0 Å². The number of amides is 1. The van der Waals surface area contributed by atoms with Crippen LogP contribution >= 0.6 is 15.9 Å². The molecule has 0 fully saturated rings. The molecule has 3 aromatic rings. The van der Waals surface area contributed by atoms with Crippen molar-refractivity contribution in [3.8, 4) is 11.8 Å². The molecule has 5 nitrogen and oxygen atoms in total. The van der Waals surface area contributed by atoms with E-state index in [4.69, 9.17) is 5.73 Å². The van der Waals surface area contributed by atoms with E-state index in [-0.39, 0.29) is 16.7 Å². The molecule has 1 aliphatic heterocycles. The maximum Gasteiger partial charge on any atom is 0.248 e. The van der Waals surface area contributed by atoms with Crippen LogP contribution in [-0.4, -0.2) is 28.8 Å². The average Bonchev–Trinajstić information content (AvgIpc) is 2.89. The van der Waals surface area contributed by atoms with Crippen LogP contribution in [0.2, 0.25) is 0 Å². The number of carbonyl (C=O) groups is 3. The zero-order valence-electron chi connectivity index (χ0n) is 21.5. The number of hydrogen-bond acceptors (Lipinski definition) is 4. The van der Waals surface area contributed by atoms with E-state index in [1.54, 1.807) is 12.1 Å². The Morgan fingerprint density at radius 2 is 1.43 bits per heavy atom. The van der Waals surface area contributed by atoms with E-state index < -0.39 is 11.3 Å². The molecular formula is C31H31BrN2O3. The van der Waals surface area contributed by atoms with Gasteiger partial charge in [0.1, 0.15) is 6.29 Å². The number of rotatable bonds is 6. The van der Waals surface area contributed by atoms with E-state index in [1.165, 1.54) is 17.7 Å². The molecule has 1 amide bonds. The highest BCUT2D eigenvalue weighted by atomic mass is 79.9. The first-order chi connectivity index (χ1) is 17.5. The van der Waals surface area contributed by atoms with Crippen molar-refractivity contribution < 1.29 is 14.4 Å². The first-order valence-electron chi connectivity index (χ1n) is 11.9. The molecule has 0 bridgehead atoms. The molecule has 0 saturated carbocycles. The van der Waals surface area contributed by atoms with Crippen molar-refractivity contribution in [2.45, 2.75) is 39.8 Å². The standard InChI is InChI=1S/C22H23NO.C9H8BrNO2/c1-21(2,16-24)22(3,4)23-15-19-11-6-5-9-17(19)13-14-18-10-7-8-12-20(18)23;10-5-8(12)6-1-3-7(4-2-6)9(11)13/h5-12,16H,15H2,1-4H3;1-4H,5H2,(H2,11,13). The highest BCUT2D eigenvalue weighted by molar-refractivity contribution is 9.09. The minimum atomic E-state index is -0.498. The summed E-state index contributed by atoms with van der Waals surface area (Å²) in [5.41, 5.74) is 9.48. The lowest BCUT2D eigenvalue weighted by Crippen LogP contribution is -2.55. The van der Waals surface area contributed by atoms with Gasteiger partial charge in [-0.1, -0.05) is 84.1 Å². The number of ketones is 1. The van der Waals surface area contributed by atoms with Crippen LogP contribution in [0.1, 0.15) is 65.1 Å². The maximum atomic E-state index is 11.8. The maximum absolute atomic E-state index is 11.8. The predicted molar refractivity (Wildman–Crippen MR) is 152 cm³/mol. The Balaban J connectivity index is 0.000000248. The Labute approximate surface area is 227 Å². The minimum Gasteiger partial charge on any atom is -0.366 e. The highest BCUT2D eigenvalue weighted by Crippen LogP contribution is 2.40. The highest BCUT2D eigenvalue weighted by Gasteiger charge is 2.42. The van der Waals surface area contributed by atoms with E-state index in [9.17, 15) is 14.4 Å². The fourth-order valence-electron chi connectivity index (χ4n) is 3.87. The Kier molecular flexibility index (Phi) is 8.73. The first-order valence-corrected chi connectivity index (χ1v) is 13.1. The molecule has 6 heteroatoms. The van der Waals surface area contributed by atoms with Crippen molar-refractivity contribution in [3.05, 3.63) is 101 Å². The number of hydrogen-bond donors (Lipinski definition) is 1. The fourth-order valence-corrected chi connectivity index (χ4v) is 4.20. The number of fused-ring (bicyclic) bond motifs is 2. The molecule has 0 spiro atoms. The number of primary amides is 1. The summed E-state index contributed by atoms with van der Waals surface area (Å²) in [5, 5.41) is 0.281. The van der Waals surface area contributed by atoms with Crippen LogP contribution in [-0.2, 0) is 11.3 Å². The van der Waals surface area contributed by atoms with Gasteiger partial charge in [-0.05, 0) is 49.7 Å². The number of alkyl halides is 1. The van der Waals surface area contributed by atoms with Gasteiger partial charge in [-0.25, -0.2) is 0 Å². The monoisotopic (exact) mass is 558 g/mol. The number of anilines is 1. The van der Waals surface area contributed by atoms with Gasteiger partial charge in [0.15, 0.2) is 5.78 Å². The van der Waals surface area contributed by atoms with Crippen LogP contribution in [0.25, 0.3) is 0 Å². The zero-order chi connectivity index (χ0) is 27.2. The van der Waals surface area contributed by atoms with Gasteiger partial charge < -0.3 is 15.4 Å². The molecule has 1 aliphatic rings. The van der Waals surface area contributed by atoms with E-state index >= 15 is 0 Å². The summed E-state index contributed by atoms with van der Waals surface area (Å²) < 4.78 is 0. The number of benzene rings is 3. The molecule has 0 aliphatic carbocycles. The Morgan fingerprint density at radius 3 is 2.03 bits per heavy atom. The quantitative estimate of drug-likeness (QED) is 0.180. The van der Waals surface area contributed by atoms with Crippen molar-refractivity contribution in [2.75, 3.05) is 10.2 Å². The van der Waals surface area contributed by atoms with Gasteiger partial charge >= 0.3 is 0 Å². The molecule has 4 rings (SSSR count). The number of nitrogens with zero attached hydrogens (tertiary/aromatic N) is 1. The van der Waals surface area contributed by atoms with Crippen molar-refractivity contribution in [1.82, 2.24) is 0 Å². The molecule has 37 heavy (non-hydrogen) atoms. The number of Topliss-reactive ketones (excluding diaryl/α,β-unsaturated/α-hetero) is 1. The van der Waals surface area contributed by atoms with Crippen LogP contribution in [0.5, 0.6) is 0 Å². The number of carbonyl (C=O) groups excluding carboxylic acids is 3. The molecule has 190 valence electrons. The summed E-state index contributed by atoms with van der Waals surface area (Å²) >= 11 is 3.06. The normalized spacial score (nSPS) is 12.3. The van der Waals surface area contributed by atoms with Gasteiger partial charge in [-0.3, -0.25) is 9.59 Å². The Bertz CT molecular complexity index is 1360. The summed E-state index contributed by atoms with van der Waals surface area (Å²) in [6.45, 7) is 9.00. The molecule has 0 atom stereocenters. The Morgan fingerprint density at radius 1 is 0.892 bits per heavy atom. The molecule has 3 aromatic carbocycles. The minimum absolute atomic E-state index is 0.0176. The largest absolute Gasteiger partial charge is 0.366 e. The second kappa shape index (κ2) is 11.6. The van der Waals surface area contributed by atoms with Crippen molar-refractivity contribution in [3.63, 3.8) is 0 Å². The summed E-state index contributed by atoms with van der Waals surface area (Å²) in [7, 11) is 0. The van der Waals surface area contributed by atoms with Gasteiger partial charge in [0.05, 0.1) is 11.0 Å². The van der Waals surface area contributed by atoms with E-state index in [1.807, 2.05) is 44.2 Å². The van der Waals surface area contributed by atoms with Gasteiger partial charge in [0.25, 0.3) is 0 Å². The number of halogens is 1. The van der Waals surface area contributed by atoms with Crippen LogP contribution in [0, 0.1) is 17.3 Å². The summed E-state index contributed by atoms with van der Waals surface area (Å²) in [6.07, 6.45) is 1.06. The third-order valence-corrected chi connectivity index (χ3v) is 7.54. The van der Waals surface area contributed by atoms with E-state index in [0.29, 0.717) is 11.1 Å². The summed E-state index contributed by atoms with van der Waals surface area (Å²) in [5.74, 6) is 6.11. The third-order valence-electron chi connectivity index (χ3n) is 7.03. The summed E-state index contributed by atoms with van der Waals surface area (Å²) in [6, 6.07) is 22.7. The number of para-hydroxylation sites is 1. The second-order valence-electron chi connectivity index (χ2n) is 9.91. The van der Waals surface area contributed by atoms with Crippen LogP contribution < -0.4 is 10.6 Å². The van der Waals surface area contributed by atoms with E-state index in [2.05, 4.69) is 64.7 Å². The smallest absolute Gasteiger partial charge is 0.248 e. The van der Waals surface area contributed by atoms with Crippen LogP contribution in [0.3, 0.4) is 0 Å². The first kappa shape index (κ1) is 27.9. The van der Waals surface area contributed by atoms with E-state index in [0.717, 1.165) is 29.6 Å². The van der Waals surface area contributed by atoms with Gasteiger partial charge in [-0.2, -0.15) is 0 Å². The lowest BCUT2D eigenvalue weighted by atomic mass is 9.73. The molecule has 0 aromatic heterocycles. The molecule has 0 radical (unpaired) electrons. The lowest BCUT2D eigenvalue weighted by molar-refractivity contribution is -0.117. The lowest BCUT2D eigenvalue weighted by Gasteiger charge is -2.48. The SMILES string of the molecule is CC(C)(C=O)C(C)(C)N1Cc2ccccc2C#Cc2ccccc21.NC(=O)c1ccc(C(=O)CBr)cc1. The van der Waals surface area contributed by atoms with Crippen LogP contribution in [0.15, 0.2) is 72.8 Å². The predicted octanol–water partition coefficient (Wildman–Crippen LogP) is 5.77.